The van der Waals surface area contributed by atoms with Crippen LogP contribution < -0.4 is 0 Å². The maximum atomic E-state index is 10.7. The highest BCUT2D eigenvalue weighted by atomic mass is 35.5. The van der Waals surface area contributed by atoms with Gasteiger partial charge in [0.1, 0.15) is 0 Å². The molecule has 1 nitrogen and oxygen atoms in total. The molecule has 0 amide bonds. The van der Waals surface area contributed by atoms with Crippen LogP contribution in [-0.2, 0) is 5.41 Å². The van der Waals surface area contributed by atoms with Crippen LogP contribution in [0, 0.1) is 6.92 Å². The summed E-state index contributed by atoms with van der Waals surface area (Å²) < 4.78 is 0.785. The van der Waals surface area contributed by atoms with Gasteiger partial charge in [0.05, 0.1) is 10.4 Å². The van der Waals surface area contributed by atoms with Gasteiger partial charge in [-0.1, -0.05) is 41.9 Å². The lowest BCUT2D eigenvalue weighted by atomic mass is 9.89. The van der Waals surface area contributed by atoms with Gasteiger partial charge in [0.15, 0.2) is 0 Å². The van der Waals surface area contributed by atoms with Crippen molar-refractivity contribution < 1.29 is 5.11 Å². The van der Waals surface area contributed by atoms with E-state index in [9.17, 15) is 5.11 Å². The number of hydrogen-bond donors (Lipinski definition) is 1. The first-order valence-corrected chi connectivity index (χ1v) is 7.32. The summed E-state index contributed by atoms with van der Waals surface area (Å²) in [5, 5.41) is 10.7. The molecule has 1 aliphatic carbocycles. The Bertz CT molecular complexity index is 538. The zero-order valence-corrected chi connectivity index (χ0v) is 11.8. The Labute approximate surface area is 116 Å². The van der Waals surface area contributed by atoms with E-state index in [1.807, 2.05) is 31.2 Å². The van der Waals surface area contributed by atoms with Crippen LogP contribution in [0.3, 0.4) is 0 Å². The molecule has 3 heteroatoms. The van der Waals surface area contributed by atoms with Gasteiger partial charge in [-0.15, -0.1) is 11.3 Å². The summed E-state index contributed by atoms with van der Waals surface area (Å²) in [4.78, 5) is 0.985. The third-order valence-corrected chi connectivity index (χ3v) is 5.41. The van der Waals surface area contributed by atoms with Gasteiger partial charge in [-0.2, -0.15) is 0 Å². The van der Waals surface area contributed by atoms with E-state index in [1.165, 1.54) is 16.9 Å². The second-order valence-electron chi connectivity index (χ2n) is 5.03. The maximum absolute atomic E-state index is 10.7. The molecule has 18 heavy (non-hydrogen) atoms. The van der Waals surface area contributed by atoms with E-state index >= 15 is 0 Å². The monoisotopic (exact) mass is 278 g/mol. The van der Waals surface area contributed by atoms with Crippen molar-refractivity contribution in [3.63, 3.8) is 0 Å². The summed E-state index contributed by atoms with van der Waals surface area (Å²) >= 11 is 7.60. The second kappa shape index (κ2) is 4.37. The number of thiophene rings is 1. The minimum Gasteiger partial charge on any atom is -0.387 e. The smallest absolute Gasteiger partial charge is 0.0978 e. The number of benzene rings is 1. The third-order valence-electron chi connectivity index (χ3n) is 3.81. The molecule has 0 bridgehead atoms. The van der Waals surface area contributed by atoms with E-state index in [4.69, 9.17) is 11.6 Å². The molecule has 1 N–H and O–H groups in total. The summed E-state index contributed by atoms with van der Waals surface area (Å²) in [6.45, 7) is 1.98. The largest absolute Gasteiger partial charge is 0.387 e. The number of aliphatic hydroxyl groups is 1. The van der Waals surface area contributed by atoms with Crippen molar-refractivity contribution in [3.8, 4) is 0 Å². The van der Waals surface area contributed by atoms with Crippen molar-refractivity contribution in [3.05, 3.63) is 56.7 Å². The molecule has 1 unspecified atom stereocenters. The van der Waals surface area contributed by atoms with Crippen LogP contribution in [0.15, 0.2) is 36.4 Å². The average molecular weight is 279 g/mol. The van der Waals surface area contributed by atoms with E-state index in [2.05, 4.69) is 12.1 Å². The molecule has 1 saturated carbocycles. The van der Waals surface area contributed by atoms with Gasteiger partial charge in [-0.3, -0.25) is 0 Å². The molecular formula is C15H15ClOS. The van der Waals surface area contributed by atoms with Gasteiger partial charge in [0.2, 0.25) is 0 Å². The molecule has 0 spiro atoms. The fraction of sp³-hybridized carbons (Fsp3) is 0.333. The van der Waals surface area contributed by atoms with Gasteiger partial charge >= 0.3 is 0 Å². The second-order valence-corrected chi connectivity index (χ2v) is 6.72. The molecule has 0 radical (unpaired) electrons. The van der Waals surface area contributed by atoms with Crippen LogP contribution in [0.5, 0.6) is 0 Å². The zero-order valence-electron chi connectivity index (χ0n) is 10.2. The summed E-state index contributed by atoms with van der Waals surface area (Å²) in [6.07, 6.45) is 1.66. The first kappa shape index (κ1) is 12.2. The molecule has 1 aliphatic rings. The number of hydrogen-bond acceptors (Lipinski definition) is 2. The van der Waals surface area contributed by atoms with Crippen LogP contribution >= 0.6 is 22.9 Å². The highest BCUT2D eigenvalue weighted by Gasteiger charge is 2.51. The Kier molecular flexibility index (Phi) is 2.97. The molecule has 0 aliphatic heterocycles. The zero-order chi connectivity index (χ0) is 12.8. The van der Waals surface area contributed by atoms with Gasteiger partial charge in [0.25, 0.3) is 0 Å². The molecule has 94 valence electrons. The van der Waals surface area contributed by atoms with Gasteiger partial charge in [0, 0.05) is 10.3 Å². The van der Waals surface area contributed by atoms with Crippen molar-refractivity contribution in [2.75, 3.05) is 0 Å². The fourth-order valence-electron chi connectivity index (χ4n) is 2.52. The first-order valence-electron chi connectivity index (χ1n) is 6.13. The Morgan fingerprint density at radius 1 is 1.28 bits per heavy atom. The molecule has 1 aromatic heterocycles. The highest BCUT2D eigenvalue weighted by Crippen LogP contribution is 2.57. The van der Waals surface area contributed by atoms with E-state index < -0.39 is 6.10 Å². The molecule has 2 aromatic rings. The highest BCUT2D eigenvalue weighted by molar-refractivity contribution is 7.16. The van der Waals surface area contributed by atoms with E-state index in [1.54, 1.807) is 0 Å². The lowest BCUT2D eigenvalue weighted by molar-refractivity contribution is 0.136. The molecule has 1 aromatic carbocycles. The minimum absolute atomic E-state index is 0.0815. The predicted octanol–water partition coefficient (Wildman–Crippen LogP) is 4.48. The standard InChI is InChI=1S/C15H15ClOS/c1-10-9-12(18-14(10)16)13(17)15(7-8-15)11-5-3-2-4-6-11/h2-6,9,13,17H,7-8H2,1H3. The fourth-order valence-corrected chi connectivity index (χ4v) is 3.84. The van der Waals surface area contributed by atoms with Gasteiger partial charge < -0.3 is 5.11 Å². The summed E-state index contributed by atoms with van der Waals surface area (Å²) in [7, 11) is 0. The van der Waals surface area contributed by atoms with Crippen LogP contribution in [-0.4, -0.2) is 5.11 Å². The molecule has 1 fully saturated rings. The quantitative estimate of drug-likeness (QED) is 0.878. The molecule has 0 saturated heterocycles. The van der Waals surface area contributed by atoms with Crippen molar-refractivity contribution in [2.24, 2.45) is 0 Å². The maximum Gasteiger partial charge on any atom is 0.0978 e. The van der Waals surface area contributed by atoms with Crippen molar-refractivity contribution in [2.45, 2.75) is 31.3 Å². The SMILES string of the molecule is Cc1cc(C(O)C2(c3ccccc3)CC2)sc1Cl. The molecule has 1 heterocycles. The Morgan fingerprint density at radius 3 is 2.44 bits per heavy atom. The normalized spacial score (nSPS) is 18.6. The molecule has 1 atom stereocenters. The predicted molar refractivity (Wildman–Crippen MR) is 76.4 cm³/mol. The first-order chi connectivity index (χ1) is 8.63. The van der Waals surface area contributed by atoms with Crippen LogP contribution in [0.2, 0.25) is 4.34 Å². The third kappa shape index (κ3) is 1.89. The Morgan fingerprint density at radius 2 is 1.94 bits per heavy atom. The molecule has 3 rings (SSSR count). The number of halogens is 1. The van der Waals surface area contributed by atoms with E-state index in [0.29, 0.717) is 0 Å². The molecular weight excluding hydrogens is 264 g/mol. The van der Waals surface area contributed by atoms with Crippen molar-refractivity contribution in [1.29, 1.82) is 0 Å². The topological polar surface area (TPSA) is 20.2 Å². The van der Waals surface area contributed by atoms with Crippen molar-refractivity contribution >= 4 is 22.9 Å². The van der Waals surface area contributed by atoms with E-state index in [-0.39, 0.29) is 5.41 Å². The summed E-state index contributed by atoms with van der Waals surface area (Å²) in [5.41, 5.74) is 2.21. The number of aryl methyl sites for hydroxylation is 1. The number of rotatable bonds is 3. The minimum atomic E-state index is -0.434. The average Bonchev–Trinajstić information content (AvgIpc) is 3.13. The van der Waals surface area contributed by atoms with E-state index in [0.717, 1.165) is 27.6 Å². The van der Waals surface area contributed by atoms with Crippen LogP contribution in [0.1, 0.15) is 34.9 Å². The van der Waals surface area contributed by atoms with Gasteiger partial charge in [-0.25, -0.2) is 0 Å². The van der Waals surface area contributed by atoms with Crippen LogP contribution in [0.25, 0.3) is 0 Å². The Balaban J connectivity index is 1.95. The summed E-state index contributed by atoms with van der Waals surface area (Å²) in [5.74, 6) is 0. The lowest BCUT2D eigenvalue weighted by Gasteiger charge is -2.21. The van der Waals surface area contributed by atoms with Crippen molar-refractivity contribution in [1.82, 2.24) is 0 Å². The van der Waals surface area contributed by atoms with Crippen LogP contribution in [0.4, 0.5) is 0 Å². The Hall–Kier alpha value is -0.830. The lowest BCUT2D eigenvalue weighted by Crippen LogP contribution is -2.17. The number of aliphatic hydroxyl groups excluding tert-OH is 1. The van der Waals surface area contributed by atoms with Gasteiger partial charge in [-0.05, 0) is 37.0 Å². The summed E-state index contributed by atoms with van der Waals surface area (Å²) in [6, 6.07) is 12.3.